The van der Waals surface area contributed by atoms with Gasteiger partial charge in [0.2, 0.25) is 0 Å². The van der Waals surface area contributed by atoms with Crippen molar-refractivity contribution in [3.63, 3.8) is 0 Å². The van der Waals surface area contributed by atoms with Gasteiger partial charge in [0.1, 0.15) is 0 Å². The fourth-order valence-corrected chi connectivity index (χ4v) is 1.16. The number of hydrogen-bond acceptors (Lipinski definition) is 4. The largest absolute Gasteiger partial charge is 0.478 e. The Morgan fingerprint density at radius 1 is 1.40 bits per heavy atom. The second-order valence-corrected chi connectivity index (χ2v) is 2.52. The van der Waals surface area contributed by atoms with E-state index in [0.29, 0.717) is 10.9 Å². The van der Waals surface area contributed by atoms with E-state index in [9.17, 15) is 4.79 Å². The molecule has 0 fully saturated rings. The zero-order chi connectivity index (χ0) is 9.42. The lowest BCUT2D eigenvalue weighted by atomic mass is 10.2. The highest BCUT2D eigenvalue weighted by atomic mass is 35.5. The maximum atomic E-state index is 10.7. The van der Waals surface area contributed by atoms with Crippen LogP contribution in [0.25, 0.3) is 10.9 Å². The zero-order valence-electron chi connectivity index (χ0n) is 7.30. The number of fused-ring (bicyclic) bond motifs is 1. The molecular weight excluding hydrogens is 243 g/mol. The predicted molar refractivity (Wildman–Crippen MR) is 59.8 cm³/mol. The summed E-state index contributed by atoms with van der Waals surface area (Å²) in [6.45, 7) is 0. The van der Waals surface area contributed by atoms with Crippen LogP contribution in [0.1, 0.15) is 10.4 Å². The van der Waals surface area contributed by atoms with Gasteiger partial charge in [0.05, 0.1) is 22.7 Å². The van der Waals surface area contributed by atoms with E-state index in [0.717, 1.165) is 0 Å². The minimum atomic E-state index is -1.06. The lowest BCUT2D eigenvalue weighted by Crippen LogP contribution is -1.99. The van der Waals surface area contributed by atoms with Gasteiger partial charge in [0, 0.05) is 6.20 Å². The van der Waals surface area contributed by atoms with Gasteiger partial charge in [-0.1, -0.05) is 0 Å². The summed E-state index contributed by atoms with van der Waals surface area (Å²) in [5, 5.41) is 15.5. The van der Waals surface area contributed by atoms with Gasteiger partial charge in [-0.2, -0.15) is 5.10 Å². The van der Waals surface area contributed by atoms with E-state index in [1.165, 1.54) is 12.4 Å². The molecule has 0 saturated carbocycles. The third-order valence-corrected chi connectivity index (χ3v) is 1.73. The smallest absolute Gasteiger partial charge is 0.338 e. The Hall–Kier alpha value is -1.53. The molecule has 0 aliphatic carbocycles. The van der Waals surface area contributed by atoms with Gasteiger partial charge >= 0.3 is 5.97 Å². The first-order valence-electron chi connectivity index (χ1n) is 3.51. The lowest BCUT2D eigenvalue weighted by Gasteiger charge is -1.95. The first-order valence-corrected chi connectivity index (χ1v) is 3.51. The number of pyridine rings is 1. The fourth-order valence-electron chi connectivity index (χ4n) is 1.16. The van der Waals surface area contributed by atoms with Crippen LogP contribution in [-0.4, -0.2) is 26.3 Å². The average molecular weight is 251 g/mol. The number of carboxylic acids is 1. The quantitative estimate of drug-likeness (QED) is 0.703. The molecule has 2 heterocycles. The molecule has 0 atom stereocenters. The van der Waals surface area contributed by atoms with Crippen molar-refractivity contribution in [2.75, 3.05) is 5.73 Å². The maximum absolute atomic E-state index is 10.7. The number of carbonyl (C=O) groups is 1. The number of carboxylic acid groups (broad SMARTS) is 1. The number of nitrogens with zero attached hydrogens (tertiary/aromatic N) is 2. The van der Waals surface area contributed by atoms with Crippen LogP contribution in [-0.2, 0) is 0 Å². The van der Waals surface area contributed by atoms with Crippen molar-refractivity contribution in [3.05, 3.63) is 18.0 Å². The molecular formula is C7H8Cl2N4O2. The number of aromatic nitrogens is 3. The molecule has 0 aliphatic heterocycles. The van der Waals surface area contributed by atoms with E-state index in [2.05, 4.69) is 15.2 Å². The standard InChI is InChI=1S/C7H6N4O2.2ClH/c8-6-5-3(7(12)13)1-9-2-4(5)10-11-6;;/h1-2H,(H,12,13)(H3,8,10,11);2*1H. The molecule has 0 radical (unpaired) electrons. The Balaban J connectivity index is 0.000000980. The Kier molecular flexibility index (Phi) is 4.32. The fraction of sp³-hybridized carbons (Fsp3) is 0. The molecule has 4 N–H and O–H groups in total. The summed E-state index contributed by atoms with van der Waals surface area (Å²) < 4.78 is 0. The summed E-state index contributed by atoms with van der Waals surface area (Å²) in [6.07, 6.45) is 2.72. The molecule has 0 bridgehead atoms. The molecule has 15 heavy (non-hydrogen) atoms. The Bertz CT molecular complexity index is 485. The lowest BCUT2D eigenvalue weighted by molar-refractivity contribution is 0.0698. The van der Waals surface area contributed by atoms with Gasteiger partial charge in [-0.25, -0.2) is 4.79 Å². The summed E-state index contributed by atoms with van der Waals surface area (Å²) in [4.78, 5) is 14.5. The van der Waals surface area contributed by atoms with Crippen molar-refractivity contribution in [1.29, 1.82) is 0 Å². The van der Waals surface area contributed by atoms with Crippen LogP contribution in [0.3, 0.4) is 0 Å². The van der Waals surface area contributed by atoms with E-state index in [1.54, 1.807) is 0 Å². The summed E-state index contributed by atoms with van der Waals surface area (Å²) in [5.41, 5.74) is 6.07. The minimum Gasteiger partial charge on any atom is -0.478 e. The van der Waals surface area contributed by atoms with Crippen molar-refractivity contribution in [2.24, 2.45) is 0 Å². The summed E-state index contributed by atoms with van der Waals surface area (Å²) >= 11 is 0. The van der Waals surface area contributed by atoms with Crippen molar-refractivity contribution in [1.82, 2.24) is 15.2 Å². The molecule has 2 aromatic heterocycles. The molecule has 2 aromatic rings. The monoisotopic (exact) mass is 250 g/mol. The van der Waals surface area contributed by atoms with Crippen LogP contribution in [0.4, 0.5) is 5.82 Å². The van der Waals surface area contributed by atoms with E-state index >= 15 is 0 Å². The summed E-state index contributed by atoms with van der Waals surface area (Å²) in [6, 6.07) is 0. The SMILES string of the molecule is Cl.Cl.Nc1n[nH]c2cncc(C(=O)O)c12. The highest BCUT2D eigenvalue weighted by Gasteiger charge is 2.13. The Morgan fingerprint density at radius 2 is 2.07 bits per heavy atom. The first kappa shape index (κ1) is 13.5. The molecule has 82 valence electrons. The Morgan fingerprint density at radius 3 is 2.67 bits per heavy atom. The number of nitrogen functional groups attached to an aromatic ring is 1. The number of hydrogen-bond donors (Lipinski definition) is 3. The van der Waals surface area contributed by atoms with Gasteiger partial charge in [0.25, 0.3) is 0 Å². The van der Waals surface area contributed by atoms with Gasteiger partial charge in [-0.3, -0.25) is 10.1 Å². The second kappa shape index (κ2) is 4.81. The third-order valence-electron chi connectivity index (χ3n) is 1.73. The number of nitrogens with one attached hydrogen (secondary N) is 1. The van der Waals surface area contributed by atoms with Crippen molar-refractivity contribution < 1.29 is 9.90 Å². The van der Waals surface area contributed by atoms with Crippen LogP contribution in [0.15, 0.2) is 12.4 Å². The number of halogens is 2. The number of aromatic amines is 1. The number of aromatic carboxylic acids is 1. The molecule has 0 aromatic carbocycles. The first-order chi connectivity index (χ1) is 6.20. The number of H-pyrrole nitrogens is 1. The summed E-state index contributed by atoms with van der Waals surface area (Å²) in [7, 11) is 0. The second-order valence-electron chi connectivity index (χ2n) is 2.52. The molecule has 0 aliphatic rings. The molecule has 0 amide bonds. The Labute approximate surface area is 96.7 Å². The topological polar surface area (TPSA) is 105 Å². The molecule has 0 saturated heterocycles. The number of anilines is 1. The third kappa shape index (κ3) is 2.11. The summed E-state index contributed by atoms with van der Waals surface area (Å²) in [5.74, 6) is -0.888. The highest BCUT2D eigenvalue weighted by Crippen LogP contribution is 2.20. The van der Waals surface area contributed by atoms with Gasteiger partial charge in [-0.05, 0) is 0 Å². The normalized spacial score (nSPS) is 9.07. The molecule has 0 spiro atoms. The van der Waals surface area contributed by atoms with Crippen LogP contribution in [0.2, 0.25) is 0 Å². The van der Waals surface area contributed by atoms with Gasteiger partial charge < -0.3 is 10.8 Å². The van der Waals surface area contributed by atoms with E-state index in [-0.39, 0.29) is 36.2 Å². The number of rotatable bonds is 1. The van der Waals surface area contributed by atoms with E-state index in [1.807, 2.05) is 0 Å². The van der Waals surface area contributed by atoms with E-state index in [4.69, 9.17) is 10.8 Å². The molecule has 8 heteroatoms. The molecule has 6 nitrogen and oxygen atoms in total. The predicted octanol–water partition coefficient (Wildman–Crippen LogP) is 1.08. The minimum absolute atomic E-state index is 0. The van der Waals surface area contributed by atoms with Crippen LogP contribution in [0.5, 0.6) is 0 Å². The number of nitrogens with two attached hydrogens (primary N) is 1. The van der Waals surface area contributed by atoms with E-state index < -0.39 is 5.97 Å². The van der Waals surface area contributed by atoms with Crippen LogP contribution >= 0.6 is 24.8 Å². The molecule has 2 rings (SSSR count). The molecule has 0 unspecified atom stereocenters. The highest BCUT2D eigenvalue weighted by molar-refractivity contribution is 6.06. The van der Waals surface area contributed by atoms with Crippen molar-refractivity contribution >= 4 is 47.5 Å². The maximum Gasteiger partial charge on any atom is 0.338 e. The van der Waals surface area contributed by atoms with Crippen LogP contribution < -0.4 is 5.73 Å². The van der Waals surface area contributed by atoms with Gasteiger partial charge in [0.15, 0.2) is 5.82 Å². The van der Waals surface area contributed by atoms with Crippen molar-refractivity contribution in [3.8, 4) is 0 Å². The van der Waals surface area contributed by atoms with Crippen LogP contribution in [0, 0.1) is 0 Å². The van der Waals surface area contributed by atoms with Gasteiger partial charge in [-0.15, -0.1) is 24.8 Å². The van der Waals surface area contributed by atoms with Crippen molar-refractivity contribution in [2.45, 2.75) is 0 Å². The average Bonchev–Trinajstić information content (AvgIpc) is 2.48. The zero-order valence-corrected chi connectivity index (χ0v) is 8.93.